The molecule has 1 heterocycles. The Balaban J connectivity index is 1.60. The van der Waals surface area contributed by atoms with Crippen LogP contribution in [0.5, 0.6) is 0 Å². The Morgan fingerprint density at radius 3 is 2.25 bits per heavy atom. The maximum absolute atomic E-state index is 12.7. The first-order valence-electron chi connectivity index (χ1n) is 8.73. The number of hydrogen-bond donors (Lipinski definition) is 0. The van der Waals surface area contributed by atoms with Crippen molar-refractivity contribution in [1.82, 2.24) is 9.21 Å². The van der Waals surface area contributed by atoms with Crippen molar-refractivity contribution in [2.24, 2.45) is 11.8 Å². The van der Waals surface area contributed by atoms with Crippen molar-refractivity contribution >= 4 is 15.9 Å². The highest BCUT2D eigenvalue weighted by atomic mass is 32.2. The maximum Gasteiger partial charge on any atom is 0.243 e. The standard InChI is InChI=1S/C18H26N2O3S/c1-14(15-8-9-15)19(2)18(21)16-10-12-20(13-11-16)24(22,23)17-6-4-3-5-7-17/h3-7,14-16H,8-13H2,1-2H3. The summed E-state index contributed by atoms with van der Waals surface area (Å²) >= 11 is 0. The molecule has 0 spiro atoms. The van der Waals surface area contributed by atoms with Crippen LogP contribution in [0.4, 0.5) is 0 Å². The van der Waals surface area contributed by atoms with Crippen LogP contribution in [0.25, 0.3) is 0 Å². The first-order chi connectivity index (χ1) is 11.4. The topological polar surface area (TPSA) is 57.7 Å². The van der Waals surface area contributed by atoms with Gasteiger partial charge in [0, 0.05) is 32.1 Å². The molecule has 0 aromatic heterocycles. The number of amides is 1. The minimum absolute atomic E-state index is 0.0570. The number of rotatable bonds is 5. The van der Waals surface area contributed by atoms with Crippen molar-refractivity contribution < 1.29 is 13.2 Å². The zero-order valence-electron chi connectivity index (χ0n) is 14.4. The van der Waals surface area contributed by atoms with Gasteiger partial charge in [0.05, 0.1) is 4.90 Å². The normalized spacial score (nSPS) is 21.4. The van der Waals surface area contributed by atoms with Crippen molar-refractivity contribution in [2.45, 2.75) is 43.5 Å². The number of carbonyl (C=O) groups is 1. The molecule has 5 nitrogen and oxygen atoms in total. The van der Waals surface area contributed by atoms with Crippen molar-refractivity contribution in [3.63, 3.8) is 0 Å². The Bertz CT molecular complexity index is 677. The van der Waals surface area contributed by atoms with E-state index in [2.05, 4.69) is 6.92 Å². The van der Waals surface area contributed by atoms with Gasteiger partial charge in [0.2, 0.25) is 15.9 Å². The third-order valence-corrected chi connectivity index (χ3v) is 7.36. The van der Waals surface area contributed by atoms with E-state index in [-0.39, 0.29) is 11.8 Å². The molecule has 0 bridgehead atoms. The van der Waals surface area contributed by atoms with Gasteiger partial charge in [-0.3, -0.25) is 4.79 Å². The van der Waals surface area contributed by atoms with E-state index in [1.807, 2.05) is 11.9 Å². The van der Waals surface area contributed by atoms with Crippen LogP contribution in [0.3, 0.4) is 0 Å². The van der Waals surface area contributed by atoms with Crippen molar-refractivity contribution in [2.75, 3.05) is 20.1 Å². The number of benzene rings is 1. The van der Waals surface area contributed by atoms with E-state index in [9.17, 15) is 13.2 Å². The van der Waals surface area contributed by atoms with Crippen LogP contribution in [0, 0.1) is 11.8 Å². The van der Waals surface area contributed by atoms with Crippen LogP contribution < -0.4 is 0 Å². The fourth-order valence-corrected chi connectivity index (χ4v) is 4.96. The summed E-state index contributed by atoms with van der Waals surface area (Å²) in [6.07, 6.45) is 3.64. The second kappa shape index (κ2) is 6.84. The van der Waals surface area contributed by atoms with Gasteiger partial charge in [0.25, 0.3) is 0 Å². The summed E-state index contributed by atoms with van der Waals surface area (Å²) < 4.78 is 26.8. The van der Waals surface area contributed by atoms with E-state index < -0.39 is 10.0 Å². The molecule has 6 heteroatoms. The SMILES string of the molecule is CC(C1CC1)N(C)C(=O)C1CCN(S(=O)(=O)c2ccccc2)CC1. The molecule has 1 atom stereocenters. The summed E-state index contributed by atoms with van der Waals surface area (Å²) in [4.78, 5) is 14.9. The molecule has 1 unspecified atom stereocenters. The van der Waals surface area contributed by atoms with Gasteiger partial charge in [-0.05, 0) is 50.7 Å². The zero-order valence-corrected chi connectivity index (χ0v) is 15.2. The molecule has 1 saturated heterocycles. The Labute approximate surface area is 144 Å². The van der Waals surface area contributed by atoms with E-state index in [0.29, 0.717) is 42.8 Å². The molecule has 1 saturated carbocycles. The molecule has 0 radical (unpaired) electrons. The molecule has 1 aromatic carbocycles. The average molecular weight is 350 g/mol. The Morgan fingerprint density at radius 2 is 1.71 bits per heavy atom. The highest BCUT2D eigenvalue weighted by molar-refractivity contribution is 7.89. The molecule has 3 rings (SSSR count). The Morgan fingerprint density at radius 1 is 1.12 bits per heavy atom. The Kier molecular flexibility index (Phi) is 4.97. The molecule has 1 aliphatic heterocycles. The van der Waals surface area contributed by atoms with Gasteiger partial charge in [-0.2, -0.15) is 4.31 Å². The second-order valence-corrected chi connectivity index (χ2v) is 8.96. The lowest BCUT2D eigenvalue weighted by atomic mass is 9.96. The summed E-state index contributed by atoms with van der Waals surface area (Å²) in [6.45, 7) is 2.95. The monoisotopic (exact) mass is 350 g/mol. The zero-order chi connectivity index (χ0) is 17.3. The van der Waals surface area contributed by atoms with Gasteiger partial charge < -0.3 is 4.90 Å². The Hall–Kier alpha value is -1.40. The average Bonchev–Trinajstić information content (AvgIpc) is 3.46. The van der Waals surface area contributed by atoms with Crippen LogP contribution in [0.2, 0.25) is 0 Å². The fourth-order valence-electron chi connectivity index (χ4n) is 3.47. The molecule has 1 aromatic rings. The highest BCUT2D eigenvalue weighted by Gasteiger charge is 2.37. The van der Waals surface area contributed by atoms with E-state index >= 15 is 0 Å². The molecule has 1 aliphatic carbocycles. The lowest BCUT2D eigenvalue weighted by molar-refractivity contribution is -0.137. The van der Waals surface area contributed by atoms with Gasteiger partial charge in [0.1, 0.15) is 0 Å². The minimum atomic E-state index is -3.44. The molecule has 1 amide bonds. The minimum Gasteiger partial charge on any atom is -0.343 e. The summed E-state index contributed by atoms with van der Waals surface area (Å²) in [5.74, 6) is 0.766. The van der Waals surface area contributed by atoms with Gasteiger partial charge in [-0.25, -0.2) is 8.42 Å². The summed E-state index contributed by atoms with van der Waals surface area (Å²) in [7, 11) is -1.56. The number of hydrogen-bond acceptors (Lipinski definition) is 3. The fraction of sp³-hybridized carbons (Fsp3) is 0.611. The van der Waals surface area contributed by atoms with Crippen molar-refractivity contribution in [3.05, 3.63) is 30.3 Å². The molecule has 132 valence electrons. The van der Waals surface area contributed by atoms with E-state index in [1.54, 1.807) is 30.3 Å². The predicted octanol–water partition coefficient (Wildman–Crippen LogP) is 2.34. The first kappa shape index (κ1) is 17.4. The third kappa shape index (κ3) is 3.49. The predicted molar refractivity (Wildman–Crippen MR) is 92.9 cm³/mol. The van der Waals surface area contributed by atoms with Crippen LogP contribution in [0.15, 0.2) is 35.2 Å². The van der Waals surface area contributed by atoms with Gasteiger partial charge in [-0.15, -0.1) is 0 Å². The molecular formula is C18H26N2O3S. The molecule has 24 heavy (non-hydrogen) atoms. The molecule has 0 N–H and O–H groups in total. The van der Waals surface area contributed by atoms with Crippen LogP contribution in [-0.2, 0) is 14.8 Å². The van der Waals surface area contributed by atoms with Crippen molar-refractivity contribution in [3.8, 4) is 0 Å². The van der Waals surface area contributed by atoms with Crippen LogP contribution in [-0.4, -0.2) is 49.7 Å². The lowest BCUT2D eigenvalue weighted by Gasteiger charge is -2.34. The maximum atomic E-state index is 12.7. The summed E-state index contributed by atoms with van der Waals surface area (Å²) in [6, 6.07) is 8.81. The van der Waals surface area contributed by atoms with Gasteiger partial charge >= 0.3 is 0 Å². The second-order valence-electron chi connectivity index (χ2n) is 7.02. The van der Waals surface area contributed by atoms with Gasteiger partial charge in [-0.1, -0.05) is 18.2 Å². The number of carbonyl (C=O) groups excluding carboxylic acids is 1. The number of piperidine rings is 1. The van der Waals surface area contributed by atoms with Crippen LogP contribution >= 0.6 is 0 Å². The largest absolute Gasteiger partial charge is 0.343 e. The van der Waals surface area contributed by atoms with Gasteiger partial charge in [0.15, 0.2) is 0 Å². The first-order valence-corrected chi connectivity index (χ1v) is 10.2. The summed E-state index contributed by atoms with van der Waals surface area (Å²) in [5, 5.41) is 0. The van der Waals surface area contributed by atoms with E-state index in [0.717, 1.165) is 0 Å². The molecule has 2 aliphatic rings. The molecule has 2 fully saturated rings. The lowest BCUT2D eigenvalue weighted by Crippen LogP contribution is -2.45. The molecular weight excluding hydrogens is 324 g/mol. The van der Waals surface area contributed by atoms with Crippen molar-refractivity contribution in [1.29, 1.82) is 0 Å². The highest BCUT2D eigenvalue weighted by Crippen LogP contribution is 2.35. The summed E-state index contributed by atoms with van der Waals surface area (Å²) in [5.41, 5.74) is 0. The van der Waals surface area contributed by atoms with E-state index in [4.69, 9.17) is 0 Å². The third-order valence-electron chi connectivity index (χ3n) is 5.45. The number of sulfonamides is 1. The smallest absolute Gasteiger partial charge is 0.243 e. The quantitative estimate of drug-likeness (QED) is 0.819. The van der Waals surface area contributed by atoms with Crippen LogP contribution in [0.1, 0.15) is 32.6 Å². The van der Waals surface area contributed by atoms with E-state index in [1.165, 1.54) is 17.1 Å². The number of nitrogens with zero attached hydrogens (tertiary/aromatic N) is 2.